The van der Waals surface area contributed by atoms with Gasteiger partial charge in [0.15, 0.2) is 0 Å². The van der Waals surface area contributed by atoms with Crippen molar-refractivity contribution < 1.29 is 13.9 Å². The number of carbonyl (C=O) groups excluding carboxylic acids is 1. The van der Waals surface area contributed by atoms with Gasteiger partial charge in [-0.05, 0) is 37.3 Å². The molecule has 0 spiro atoms. The molecule has 0 atom stereocenters. The van der Waals surface area contributed by atoms with Crippen LogP contribution in [0.3, 0.4) is 0 Å². The standard InChI is InChI=1S/C19H16ClNO3/c1-12-16(11-18(24-12)15-8-3-4-9-17(15)20)19(22)21-13-6-5-7-14(10-13)23-2/h3-11H,1-2H3,(H,21,22). The monoisotopic (exact) mass is 341 g/mol. The predicted octanol–water partition coefficient (Wildman–Crippen LogP) is 5.17. The lowest BCUT2D eigenvalue weighted by molar-refractivity contribution is 0.102. The van der Waals surface area contributed by atoms with Crippen LogP contribution in [0.1, 0.15) is 16.1 Å². The van der Waals surface area contributed by atoms with Crippen molar-refractivity contribution in [3.8, 4) is 17.1 Å². The van der Waals surface area contributed by atoms with Gasteiger partial charge >= 0.3 is 0 Å². The largest absolute Gasteiger partial charge is 0.497 e. The van der Waals surface area contributed by atoms with E-state index in [4.69, 9.17) is 20.8 Å². The Morgan fingerprint density at radius 3 is 2.67 bits per heavy atom. The summed E-state index contributed by atoms with van der Waals surface area (Å²) in [6, 6.07) is 16.2. The van der Waals surface area contributed by atoms with Crippen molar-refractivity contribution in [3.05, 3.63) is 70.9 Å². The zero-order valence-electron chi connectivity index (χ0n) is 13.3. The van der Waals surface area contributed by atoms with Crippen LogP contribution >= 0.6 is 11.6 Å². The lowest BCUT2D eigenvalue weighted by Gasteiger charge is -2.06. The van der Waals surface area contributed by atoms with Gasteiger partial charge in [-0.3, -0.25) is 4.79 Å². The Hall–Kier alpha value is -2.72. The molecular weight excluding hydrogens is 326 g/mol. The molecule has 0 saturated carbocycles. The van der Waals surface area contributed by atoms with Gasteiger partial charge in [0.1, 0.15) is 17.3 Å². The summed E-state index contributed by atoms with van der Waals surface area (Å²) in [4.78, 5) is 12.5. The molecule has 0 unspecified atom stereocenters. The maximum Gasteiger partial charge on any atom is 0.259 e. The van der Waals surface area contributed by atoms with Gasteiger partial charge in [0.25, 0.3) is 5.91 Å². The summed E-state index contributed by atoms with van der Waals surface area (Å²) in [5, 5.41) is 3.42. The number of hydrogen-bond acceptors (Lipinski definition) is 3. The van der Waals surface area contributed by atoms with E-state index >= 15 is 0 Å². The molecule has 3 aromatic rings. The molecule has 0 aliphatic carbocycles. The second-order valence-electron chi connectivity index (χ2n) is 5.25. The molecule has 1 heterocycles. The first-order valence-electron chi connectivity index (χ1n) is 7.39. The highest BCUT2D eigenvalue weighted by Crippen LogP contribution is 2.31. The molecule has 0 bridgehead atoms. The molecule has 0 aliphatic rings. The third kappa shape index (κ3) is 3.29. The van der Waals surface area contributed by atoms with Gasteiger partial charge in [-0.1, -0.05) is 29.8 Å². The van der Waals surface area contributed by atoms with Crippen LogP contribution in [0.5, 0.6) is 5.75 Å². The number of hydrogen-bond donors (Lipinski definition) is 1. The summed E-state index contributed by atoms with van der Waals surface area (Å²) in [5.41, 5.74) is 1.87. The topological polar surface area (TPSA) is 51.5 Å². The second-order valence-corrected chi connectivity index (χ2v) is 5.65. The Kier molecular flexibility index (Phi) is 4.58. The molecule has 1 amide bonds. The Balaban J connectivity index is 1.87. The van der Waals surface area contributed by atoms with Gasteiger partial charge in [0.2, 0.25) is 0 Å². The fraction of sp³-hybridized carbons (Fsp3) is 0.105. The number of amides is 1. The van der Waals surface area contributed by atoms with Crippen LogP contribution in [0.2, 0.25) is 5.02 Å². The van der Waals surface area contributed by atoms with E-state index < -0.39 is 0 Å². The Morgan fingerprint density at radius 2 is 1.92 bits per heavy atom. The number of anilines is 1. The van der Waals surface area contributed by atoms with E-state index in [1.54, 1.807) is 38.3 Å². The minimum Gasteiger partial charge on any atom is -0.497 e. The number of ether oxygens (including phenoxy) is 1. The highest BCUT2D eigenvalue weighted by molar-refractivity contribution is 6.33. The van der Waals surface area contributed by atoms with Crippen LogP contribution in [0, 0.1) is 6.92 Å². The first kappa shape index (κ1) is 16.1. The number of benzene rings is 2. The van der Waals surface area contributed by atoms with Crippen molar-refractivity contribution in [2.45, 2.75) is 6.92 Å². The van der Waals surface area contributed by atoms with Crippen molar-refractivity contribution in [1.29, 1.82) is 0 Å². The second kappa shape index (κ2) is 6.81. The quantitative estimate of drug-likeness (QED) is 0.712. The first-order valence-corrected chi connectivity index (χ1v) is 7.77. The Labute approximate surface area is 145 Å². The third-order valence-electron chi connectivity index (χ3n) is 3.63. The van der Waals surface area contributed by atoms with Crippen LogP contribution in [-0.4, -0.2) is 13.0 Å². The molecule has 0 saturated heterocycles. The fourth-order valence-corrected chi connectivity index (χ4v) is 2.63. The molecule has 1 aromatic heterocycles. The molecule has 2 aromatic carbocycles. The van der Waals surface area contributed by atoms with Crippen molar-refractivity contribution in [2.75, 3.05) is 12.4 Å². The normalized spacial score (nSPS) is 10.5. The lowest BCUT2D eigenvalue weighted by Crippen LogP contribution is -2.12. The van der Waals surface area contributed by atoms with Crippen molar-refractivity contribution in [3.63, 3.8) is 0 Å². The summed E-state index contributed by atoms with van der Waals surface area (Å²) in [6.07, 6.45) is 0. The highest BCUT2D eigenvalue weighted by atomic mass is 35.5. The zero-order chi connectivity index (χ0) is 17.1. The summed E-state index contributed by atoms with van der Waals surface area (Å²) < 4.78 is 10.9. The smallest absolute Gasteiger partial charge is 0.259 e. The number of furan rings is 1. The van der Waals surface area contributed by atoms with E-state index in [0.29, 0.717) is 33.5 Å². The summed E-state index contributed by atoms with van der Waals surface area (Å²) in [5.74, 6) is 1.52. The fourth-order valence-electron chi connectivity index (χ4n) is 2.40. The lowest BCUT2D eigenvalue weighted by atomic mass is 10.1. The van der Waals surface area contributed by atoms with Crippen LogP contribution in [0.4, 0.5) is 5.69 Å². The van der Waals surface area contributed by atoms with Gasteiger partial charge in [0, 0.05) is 17.3 Å². The molecule has 24 heavy (non-hydrogen) atoms. The molecule has 0 fully saturated rings. The third-order valence-corrected chi connectivity index (χ3v) is 3.96. The summed E-state index contributed by atoms with van der Waals surface area (Å²) in [7, 11) is 1.58. The predicted molar refractivity (Wildman–Crippen MR) is 94.8 cm³/mol. The molecule has 0 aliphatic heterocycles. The van der Waals surface area contributed by atoms with Gasteiger partial charge in [-0.15, -0.1) is 0 Å². The molecule has 4 nitrogen and oxygen atoms in total. The van der Waals surface area contributed by atoms with Crippen molar-refractivity contribution >= 4 is 23.2 Å². The van der Waals surface area contributed by atoms with Crippen molar-refractivity contribution in [2.24, 2.45) is 0 Å². The molecule has 0 radical (unpaired) electrons. The van der Waals surface area contributed by atoms with E-state index in [-0.39, 0.29) is 5.91 Å². The van der Waals surface area contributed by atoms with E-state index in [0.717, 1.165) is 5.56 Å². The maximum absolute atomic E-state index is 12.5. The average Bonchev–Trinajstić information content (AvgIpc) is 2.97. The van der Waals surface area contributed by atoms with Crippen LogP contribution in [0.15, 0.2) is 59.0 Å². The van der Waals surface area contributed by atoms with Crippen molar-refractivity contribution in [1.82, 2.24) is 0 Å². The number of methoxy groups -OCH3 is 1. The number of carbonyl (C=O) groups is 1. The molecule has 122 valence electrons. The Morgan fingerprint density at radius 1 is 1.12 bits per heavy atom. The first-order chi connectivity index (χ1) is 11.6. The molecular formula is C19H16ClNO3. The number of nitrogens with one attached hydrogen (secondary N) is 1. The minimum atomic E-state index is -0.247. The summed E-state index contributed by atoms with van der Waals surface area (Å²) >= 11 is 6.19. The van der Waals surface area contributed by atoms with Gasteiger partial charge < -0.3 is 14.5 Å². The Bertz CT molecular complexity index is 886. The van der Waals surface area contributed by atoms with E-state index in [2.05, 4.69) is 5.32 Å². The van der Waals surface area contributed by atoms with E-state index in [9.17, 15) is 4.79 Å². The molecule has 1 N–H and O–H groups in total. The van der Waals surface area contributed by atoms with Gasteiger partial charge in [0.05, 0.1) is 17.7 Å². The number of rotatable bonds is 4. The minimum absolute atomic E-state index is 0.247. The SMILES string of the molecule is COc1cccc(NC(=O)c2cc(-c3ccccc3Cl)oc2C)c1. The van der Waals surface area contributed by atoms with E-state index in [1.165, 1.54) is 0 Å². The summed E-state index contributed by atoms with van der Waals surface area (Å²) in [6.45, 7) is 1.75. The van der Waals surface area contributed by atoms with Crippen LogP contribution in [-0.2, 0) is 0 Å². The highest BCUT2D eigenvalue weighted by Gasteiger charge is 2.17. The van der Waals surface area contributed by atoms with Crippen LogP contribution < -0.4 is 10.1 Å². The number of halogens is 1. The van der Waals surface area contributed by atoms with Gasteiger partial charge in [-0.25, -0.2) is 0 Å². The average molecular weight is 342 g/mol. The van der Waals surface area contributed by atoms with E-state index in [1.807, 2.05) is 30.3 Å². The maximum atomic E-state index is 12.5. The molecule has 5 heteroatoms. The molecule has 3 rings (SSSR count). The van der Waals surface area contributed by atoms with Crippen LogP contribution in [0.25, 0.3) is 11.3 Å². The zero-order valence-corrected chi connectivity index (χ0v) is 14.1. The number of aryl methyl sites for hydroxylation is 1. The van der Waals surface area contributed by atoms with Gasteiger partial charge in [-0.2, -0.15) is 0 Å².